The maximum Gasteiger partial charge on any atom is 0.123 e. The molecule has 2 rings (SSSR count). The normalized spacial score (nSPS) is 14.3. The predicted octanol–water partition coefficient (Wildman–Crippen LogP) is 4.39. The van der Waals surface area contributed by atoms with Gasteiger partial charge in [-0.2, -0.15) is 0 Å². The lowest BCUT2D eigenvalue weighted by molar-refractivity contribution is 0.424. The van der Waals surface area contributed by atoms with Crippen molar-refractivity contribution in [2.24, 2.45) is 0 Å². The van der Waals surface area contributed by atoms with Gasteiger partial charge in [0.1, 0.15) is 11.6 Å². The Morgan fingerprint density at radius 2 is 2.16 bits per heavy atom. The van der Waals surface area contributed by atoms with E-state index >= 15 is 0 Å². The molecule has 0 aliphatic heterocycles. The van der Waals surface area contributed by atoms with E-state index in [2.05, 4.69) is 18.3 Å². The highest BCUT2D eigenvalue weighted by Gasteiger charge is 2.17. The third-order valence-corrected chi connectivity index (χ3v) is 4.19. The van der Waals surface area contributed by atoms with Crippen LogP contribution in [0.3, 0.4) is 0 Å². The number of benzene rings is 1. The highest BCUT2D eigenvalue weighted by Crippen LogP contribution is 2.29. The van der Waals surface area contributed by atoms with Crippen molar-refractivity contribution in [3.8, 4) is 5.75 Å². The molecule has 1 aromatic heterocycles. The first-order valence-electron chi connectivity index (χ1n) is 6.39. The summed E-state index contributed by atoms with van der Waals surface area (Å²) in [6.07, 6.45) is 0.945. The van der Waals surface area contributed by atoms with Crippen molar-refractivity contribution in [3.05, 3.63) is 52.0 Å². The highest BCUT2D eigenvalue weighted by atomic mass is 32.1. The van der Waals surface area contributed by atoms with Gasteiger partial charge in [-0.3, -0.25) is 0 Å². The molecule has 0 saturated heterocycles. The van der Waals surface area contributed by atoms with E-state index in [0.717, 1.165) is 6.42 Å². The summed E-state index contributed by atoms with van der Waals surface area (Å²) in [7, 11) is 0. The summed E-state index contributed by atoms with van der Waals surface area (Å²) in [5, 5.41) is 15.3. The minimum absolute atomic E-state index is 0.109. The zero-order valence-corrected chi connectivity index (χ0v) is 11.9. The first-order chi connectivity index (χ1) is 9.11. The first kappa shape index (κ1) is 14.0. The van der Waals surface area contributed by atoms with Crippen molar-refractivity contribution < 1.29 is 9.50 Å². The fraction of sp³-hybridized carbons (Fsp3) is 0.333. The van der Waals surface area contributed by atoms with Gasteiger partial charge in [-0.15, -0.1) is 11.3 Å². The number of hydrogen-bond donors (Lipinski definition) is 2. The van der Waals surface area contributed by atoms with E-state index in [4.69, 9.17) is 0 Å². The van der Waals surface area contributed by atoms with E-state index in [1.54, 1.807) is 11.3 Å². The van der Waals surface area contributed by atoms with E-state index in [1.165, 1.54) is 23.1 Å². The number of thiophene rings is 1. The molecule has 2 atom stereocenters. The molecule has 0 saturated carbocycles. The molecule has 0 bridgehead atoms. The number of rotatable bonds is 5. The first-order valence-corrected chi connectivity index (χ1v) is 7.27. The van der Waals surface area contributed by atoms with Crippen LogP contribution in [0.15, 0.2) is 35.7 Å². The molecule has 1 aromatic carbocycles. The highest BCUT2D eigenvalue weighted by molar-refractivity contribution is 7.10. The average molecular weight is 279 g/mol. The molecule has 0 fully saturated rings. The minimum Gasteiger partial charge on any atom is -0.508 e. The van der Waals surface area contributed by atoms with E-state index in [-0.39, 0.29) is 23.7 Å². The van der Waals surface area contributed by atoms with Crippen LogP contribution < -0.4 is 5.32 Å². The second kappa shape index (κ2) is 6.17. The summed E-state index contributed by atoms with van der Waals surface area (Å²) < 4.78 is 13.3. The Balaban J connectivity index is 2.15. The third-order valence-electron chi connectivity index (χ3n) is 3.20. The van der Waals surface area contributed by atoms with Gasteiger partial charge in [0, 0.05) is 22.5 Å². The van der Waals surface area contributed by atoms with Crippen LogP contribution in [0.1, 0.15) is 42.8 Å². The number of nitrogens with one attached hydrogen (secondary N) is 1. The van der Waals surface area contributed by atoms with E-state index in [1.807, 2.05) is 18.4 Å². The smallest absolute Gasteiger partial charge is 0.123 e. The Labute approximate surface area is 116 Å². The largest absolute Gasteiger partial charge is 0.508 e. The quantitative estimate of drug-likeness (QED) is 0.850. The van der Waals surface area contributed by atoms with Gasteiger partial charge in [0.2, 0.25) is 0 Å². The van der Waals surface area contributed by atoms with Crippen molar-refractivity contribution >= 4 is 11.3 Å². The molecular weight excluding hydrogens is 261 g/mol. The number of phenolic OH excluding ortho intramolecular Hbond substituents is 1. The van der Waals surface area contributed by atoms with Gasteiger partial charge in [-0.05, 0) is 43.0 Å². The van der Waals surface area contributed by atoms with Crippen LogP contribution in [0.4, 0.5) is 4.39 Å². The summed E-state index contributed by atoms with van der Waals surface area (Å²) in [4.78, 5) is 1.25. The van der Waals surface area contributed by atoms with Gasteiger partial charge in [0.05, 0.1) is 0 Å². The van der Waals surface area contributed by atoms with Crippen LogP contribution in [0.5, 0.6) is 5.75 Å². The summed E-state index contributed by atoms with van der Waals surface area (Å²) >= 11 is 1.70. The van der Waals surface area contributed by atoms with Gasteiger partial charge in [0.25, 0.3) is 0 Å². The lowest BCUT2D eigenvalue weighted by Crippen LogP contribution is -2.23. The zero-order valence-electron chi connectivity index (χ0n) is 11.1. The lowest BCUT2D eigenvalue weighted by Gasteiger charge is -2.22. The van der Waals surface area contributed by atoms with Crippen LogP contribution >= 0.6 is 11.3 Å². The second-order valence-corrected chi connectivity index (χ2v) is 5.55. The van der Waals surface area contributed by atoms with E-state index in [0.29, 0.717) is 5.56 Å². The van der Waals surface area contributed by atoms with Gasteiger partial charge in [-0.25, -0.2) is 4.39 Å². The number of phenols is 1. The summed E-state index contributed by atoms with van der Waals surface area (Å²) in [5.74, 6) is -0.201. The van der Waals surface area contributed by atoms with Crippen LogP contribution in [0.2, 0.25) is 0 Å². The molecule has 19 heavy (non-hydrogen) atoms. The van der Waals surface area contributed by atoms with Crippen LogP contribution in [-0.4, -0.2) is 5.11 Å². The van der Waals surface area contributed by atoms with E-state index in [9.17, 15) is 9.50 Å². The monoisotopic (exact) mass is 279 g/mol. The molecule has 0 aliphatic carbocycles. The van der Waals surface area contributed by atoms with Crippen LogP contribution in [0, 0.1) is 5.82 Å². The molecular formula is C15H18FNOS. The Kier molecular flexibility index (Phi) is 4.56. The van der Waals surface area contributed by atoms with Gasteiger partial charge in [0.15, 0.2) is 0 Å². The number of aromatic hydroxyl groups is 1. The van der Waals surface area contributed by atoms with Gasteiger partial charge < -0.3 is 10.4 Å². The molecule has 2 nitrogen and oxygen atoms in total. The molecule has 2 N–H and O–H groups in total. The maximum absolute atomic E-state index is 13.3. The fourth-order valence-electron chi connectivity index (χ4n) is 2.15. The van der Waals surface area contributed by atoms with Crippen LogP contribution in [-0.2, 0) is 0 Å². The summed E-state index contributed by atoms with van der Waals surface area (Å²) in [6, 6.07) is 8.27. The lowest BCUT2D eigenvalue weighted by atomic mass is 10.0. The van der Waals surface area contributed by atoms with Gasteiger partial charge >= 0.3 is 0 Å². The maximum atomic E-state index is 13.3. The minimum atomic E-state index is -0.328. The average Bonchev–Trinajstić information content (AvgIpc) is 2.92. The van der Waals surface area contributed by atoms with E-state index < -0.39 is 0 Å². The van der Waals surface area contributed by atoms with Crippen molar-refractivity contribution in [3.63, 3.8) is 0 Å². The van der Waals surface area contributed by atoms with Crippen molar-refractivity contribution in [2.75, 3.05) is 0 Å². The Bertz CT molecular complexity index is 527. The van der Waals surface area contributed by atoms with Gasteiger partial charge in [-0.1, -0.05) is 13.0 Å². The molecule has 102 valence electrons. The molecule has 1 heterocycles. The third kappa shape index (κ3) is 3.33. The molecule has 2 aromatic rings. The number of hydrogen-bond acceptors (Lipinski definition) is 3. The second-order valence-electron chi connectivity index (χ2n) is 4.57. The Morgan fingerprint density at radius 1 is 1.37 bits per heavy atom. The zero-order chi connectivity index (χ0) is 13.8. The van der Waals surface area contributed by atoms with Crippen LogP contribution in [0.25, 0.3) is 0 Å². The van der Waals surface area contributed by atoms with Crippen molar-refractivity contribution in [1.82, 2.24) is 5.32 Å². The van der Waals surface area contributed by atoms with Crippen molar-refractivity contribution in [2.45, 2.75) is 32.4 Å². The number of halogens is 1. The molecule has 0 spiro atoms. The topological polar surface area (TPSA) is 32.3 Å². The fourth-order valence-corrected chi connectivity index (χ4v) is 3.02. The Morgan fingerprint density at radius 3 is 2.79 bits per heavy atom. The van der Waals surface area contributed by atoms with Crippen molar-refractivity contribution in [1.29, 1.82) is 0 Å². The molecule has 2 unspecified atom stereocenters. The molecule has 0 aliphatic rings. The SMILES string of the molecule is CCC(NC(C)c1cc(F)ccc1O)c1cccs1. The predicted molar refractivity (Wildman–Crippen MR) is 77.0 cm³/mol. The summed E-state index contributed by atoms with van der Waals surface area (Å²) in [6.45, 7) is 4.04. The molecule has 4 heteroatoms. The molecule has 0 radical (unpaired) electrons. The molecule has 0 amide bonds. The summed E-state index contributed by atoms with van der Waals surface area (Å²) in [5.41, 5.74) is 0.593. The standard InChI is InChI=1S/C15H18FNOS/c1-3-13(15-5-4-8-19-15)17-10(2)12-9-11(16)6-7-14(12)18/h4-10,13,17-18H,3H2,1-2H3. The Hall–Kier alpha value is -1.39.